The molecule has 35 heavy (non-hydrogen) atoms. The molecule has 1 aromatic carbocycles. The Kier molecular flexibility index (Phi) is 5.07. The van der Waals surface area contributed by atoms with Gasteiger partial charge in [0.1, 0.15) is 12.6 Å². The van der Waals surface area contributed by atoms with E-state index in [1.54, 1.807) is 17.2 Å². The van der Waals surface area contributed by atoms with E-state index < -0.39 is 11.9 Å². The molecule has 3 aromatic rings. The molecule has 0 radical (unpaired) electrons. The smallest absolute Gasteiger partial charge is 0.269 e. The average molecular weight is 493 g/mol. The fourth-order valence-electron chi connectivity index (χ4n) is 5.49. The normalized spacial score (nSPS) is 26.5. The molecule has 1 aliphatic heterocycles. The monoisotopic (exact) mass is 492 g/mol. The summed E-state index contributed by atoms with van der Waals surface area (Å²) in [5.41, 5.74) is 7.94. The number of carbonyl (C=O) groups excluding carboxylic acids is 3. The molecule has 0 unspecified atom stereocenters. The first-order valence-corrected chi connectivity index (χ1v) is 12.2. The number of nitrogens with one attached hydrogen (secondary N) is 1. The van der Waals surface area contributed by atoms with Crippen LogP contribution in [0.1, 0.15) is 46.9 Å². The highest BCUT2D eigenvalue weighted by Gasteiger charge is 2.56. The van der Waals surface area contributed by atoms with Crippen molar-refractivity contribution in [3.8, 4) is 0 Å². The highest BCUT2D eigenvalue weighted by Crippen LogP contribution is 2.49. The first-order valence-electron chi connectivity index (χ1n) is 11.8. The number of likely N-dealkylation sites (tertiary alicyclic amines) is 1. The van der Waals surface area contributed by atoms with Crippen molar-refractivity contribution in [2.24, 2.45) is 11.7 Å². The van der Waals surface area contributed by atoms with Gasteiger partial charge in [0.2, 0.25) is 11.8 Å². The fourth-order valence-corrected chi connectivity index (χ4v) is 5.77. The minimum atomic E-state index is -0.662. The molecule has 3 amide bonds. The second-order valence-corrected chi connectivity index (χ2v) is 10.2. The summed E-state index contributed by atoms with van der Waals surface area (Å²) in [6.45, 7) is 1.72. The number of fused-ring (bicyclic) bond motifs is 2. The van der Waals surface area contributed by atoms with Gasteiger partial charge in [0.05, 0.1) is 11.7 Å². The highest BCUT2D eigenvalue weighted by atomic mass is 35.5. The van der Waals surface area contributed by atoms with Gasteiger partial charge in [-0.05, 0) is 49.8 Å². The van der Waals surface area contributed by atoms with Gasteiger partial charge >= 0.3 is 0 Å². The summed E-state index contributed by atoms with van der Waals surface area (Å²) in [6, 6.07) is 9.02. The number of pyridine rings is 1. The van der Waals surface area contributed by atoms with Gasteiger partial charge in [-0.3, -0.25) is 24.0 Å². The Morgan fingerprint density at radius 3 is 2.77 bits per heavy atom. The van der Waals surface area contributed by atoms with Crippen molar-refractivity contribution in [1.82, 2.24) is 25.0 Å². The molecule has 2 saturated carbocycles. The number of rotatable bonds is 6. The second-order valence-electron chi connectivity index (χ2n) is 9.81. The third-order valence-electron chi connectivity index (χ3n) is 7.41. The summed E-state index contributed by atoms with van der Waals surface area (Å²) in [5, 5.41) is 8.71. The van der Waals surface area contributed by atoms with E-state index in [0.29, 0.717) is 28.3 Å². The summed E-state index contributed by atoms with van der Waals surface area (Å²) in [6.07, 6.45) is 4.01. The van der Waals surface area contributed by atoms with Crippen LogP contribution in [0.15, 0.2) is 36.5 Å². The van der Waals surface area contributed by atoms with Crippen LogP contribution in [-0.2, 0) is 16.1 Å². The largest absolute Gasteiger partial charge is 0.364 e. The number of piperidine rings is 1. The Labute approximate surface area is 206 Å². The maximum absolute atomic E-state index is 13.4. The van der Waals surface area contributed by atoms with Gasteiger partial charge in [-0.2, -0.15) is 5.10 Å². The molecule has 0 spiro atoms. The number of benzene rings is 1. The van der Waals surface area contributed by atoms with Crippen LogP contribution in [0.3, 0.4) is 0 Å². The van der Waals surface area contributed by atoms with E-state index in [-0.39, 0.29) is 42.1 Å². The summed E-state index contributed by atoms with van der Waals surface area (Å²) in [4.78, 5) is 44.5. The number of aryl methyl sites for hydroxylation is 1. The zero-order chi connectivity index (χ0) is 24.4. The number of primary amides is 1. The van der Waals surface area contributed by atoms with Gasteiger partial charge in [0.25, 0.3) is 5.91 Å². The molecular weight excluding hydrogens is 468 g/mol. The van der Waals surface area contributed by atoms with Crippen LogP contribution in [-0.4, -0.2) is 55.5 Å². The van der Waals surface area contributed by atoms with Crippen LogP contribution in [0.2, 0.25) is 5.02 Å². The molecule has 2 aliphatic carbocycles. The van der Waals surface area contributed by atoms with Crippen LogP contribution in [0, 0.1) is 12.8 Å². The predicted octanol–water partition coefficient (Wildman–Crippen LogP) is 2.15. The van der Waals surface area contributed by atoms with Crippen molar-refractivity contribution >= 4 is 40.2 Å². The summed E-state index contributed by atoms with van der Waals surface area (Å²) in [5.74, 6) is -0.426. The molecule has 180 valence electrons. The lowest BCUT2D eigenvalue weighted by Crippen LogP contribution is -2.49. The van der Waals surface area contributed by atoms with Gasteiger partial charge in [-0.15, -0.1) is 0 Å². The molecule has 3 fully saturated rings. The number of aromatic nitrogens is 3. The number of hydrogen-bond acceptors (Lipinski definition) is 5. The summed E-state index contributed by atoms with van der Waals surface area (Å²) >= 11 is 6.32. The minimum absolute atomic E-state index is 0.0266. The third kappa shape index (κ3) is 3.83. The van der Waals surface area contributed by atoms with Gasteiger partial charge in [-0.1, -0.05) is 29.8 Å². The van der Waals surface area contributed by atoms with E-state index in [1.165, 1.54) is 4.68 Å². The van der Waals surface area contributed by atoms with Gasteiger partial charge in [0, 0.05) is 34.1 Å². The average Bonchev–Trinajstić information content (AvgIpc) is 3.69. The van der Waals surface area contributed by atoms with Crippen LogP contribution in [0.25, 0.3) is 10.9 Å². The Morgan fingerprint density at radius 2 is 2.00 bits per heavy atom. The maximum atomic E-state index is 13.4. The van der Waals surface area contributed by atoms with Crippen molar-refractivity contribution in [3.05, 3.63) is 58.5 Å². The minimum Gasteiger partial charge on any atom is -0.364 e. The molecule has 0 bridgehead atoms. The van der Waals surface area contributed by atoms with Gasteiger partial charge in [0.15, 0.2) is 5.69 Å². The molecule has 6 rings (SSSR count). The zero-order valence-electron chi connectivity index (χ0n) is 19.1. The van der Waals surface area contributed by atoms with Crippen molar-refractivity contribution in [3.63, 3.8) is 0 Å². The number of carbonyl (C=O) groups is 3. The first-order chi connectivity index (χ1) is 16.8. The molecule has 3 aliphatic rings. The molecule has 2 aromatic heterocycles. The number of nitrogens with two attached hydrogens (primary N) is 1. The van der Waals surface area contributed by atoms with E-state index in [0.717, 1.165) is 24.1 Å². The van der Waals surface area contributed by atoms with Crippen LogP contribution in [0.5, 0.6) is 0 Å². The number of hydrogen-bond donors (Lipinski definition) is 2. The summed E-state index contributed by atoms with van der Waals surface area (Å²) < 4.78 is 1.46. The lowest BCUT2D eigenvalue weighted by atomic mass is 10.1. The molecule has 10 heteroatoms. The zero-order valence-corrected chi connectivity index (χ0v) is 19.9. The van der Waals surface area contributed by atoms with E-state index in [9.17, 15) is 14.4 Å². The van der Waals surface area contributed by atoms with Crippen LogP contribution in [0.4, 0.5) is 0 Å². The van der Waals surface area contributed by atoms with Crippen molar-refractivity contribution in [2.45, 2.75) is 56.8 Å². The molecule has 3 N–H and O–H groups in total. The Balaban J connectivity index is 1.18. The molecule has 1 saturated heterocycles. The van der Waals surface area contributed by atoms with E-state index in [4.69, 9.17) is 17.3 Å². The van der Waals surface area contributed by atoms with E-state index in [1.807, 2.05) is 31.2 Å². The first kappa shape index (κ1) is 22.0. The fraction of sp³-hybridized carbons (Fsp3) is 0.400. The Hall–Kier alpha value is -3.46. The van der Waals surface area contributed by atoms with E-state index >= 15 is 0 Å². The molecular formula is C25H25ClN6O3. The third-order valence-corrected chi connectivity index (χ3v) is 7.75. The second kappa shape index (κ2) is 8.05. The molecule has 5 atom stereocenters. The van der Waals surface area contributed by atoms with Crippen molar-refractivity contribution in [2.75, 3.05) is 0 Å². The van der Waals surface area contributed by atoms with Crippen molar-refractivity contribution < 1.29 is 14.4 Å². The number of nitrogens with zero attached hydrogens (tertiary/aromatic N) is 4. The molecule has 9 nitrogen and oxygen atoms in total. The Bertz CT molecular complexity index is 1390. The van der Waals surface area contributed by atoms with E-state index in [2.05, 4.69) is 15.4 Å². The highest BCUT2D eigenvalue weighted by molar-refractivity contribution is 6.31. The molecule has 3 heterocycles. The van der Waals surface area contributed by atoms with Crippen LogP contribution < -0.4 is 11.1 Å². The predicted molar refractivity (Wildman–Crippen MR) is 129 cm³/mol. The summed E-state index contributed by atoms with van der Waals surface area (Å²) in [7, 11) is 0. The topological polar surface area (TPSA) is 123 Å². The quantitative estimate of drug-likeness (QED) is 0.545. The lowest BCUT2D eigenvalue weighted by Gasteiger charge is -2.27. The SMILES string of the molecule is Cc1cc2c(C(N)=O)nn(CC(=O)N3[C@@H]4C[C@@H]4C[C@H]3C(=O)N[C@@H]3C[C@H]3c3ccccc3Cl)c2cn1. The van der Waals surface area contributed by atoms with Gasteiger partial charge in [-0.25, -0.2) is 0 Å². The maximum Gasteiger partial charge on any atom is 0.269 e. The lowest BCUT2D eigenvalue weighted by molar-refractivity contribution is -0.140. The number of amides is 3. The standard InChI is InChI=1S/C25H25ClN6O3/c1-12-6-16-21(10-28-12)31(30-23(16)24(27)34)11-22(33)32-19-7-13(19)8-20(32)25(35)29-18-9-15(18)14-4-2-3-5-17(14)26/h2-6,10,13,15,18-20H,7-9,11H2,1H3,(H2,27,34)(H,29,35)/t13-,15+,18-,19-,20+/m1/s1. The van der Waals surface area contributed by atoms with Crippen LogP contribution >= 0.6 is 11.6 Å². The Morgan fingerprint density at radius 1 is 1.20 bits per heavy atom. The van der Waals surface area contributed by atoms with Gasteiger partial charge < -0.3 is 16.0 Å². The van der Waals surface area contributed by atoms with Crippen molar-refractivity contribution in [1.29, 1.82) is 0 Å². The number of halogens is 1.